The van der Waals surface area contributed by atoms with E-state index in [1.807, 2.05) is 36.4 Å². The van der Waals surface area contributed by atoms with E-state index >= 15 is 0 Å². The fourth-order valence-electron chi connectivity index (χ4n) is 5.77. The molecule has 0 radical (unpaired) electrons. The van der Waals surface area contributed by atoms with Crippen LogP contribution in [-0.2, 0) is 9.59 Å². The largest absolute Gasteiger partial charge is 0.480 e. The number of amides is 2. The monoisotopic (exact) mass is 510 g/mol. The lowest BCUT2D eigenvalue weighted by Gasteiger charge is -2.45. The van der Waals surface area contributed by atoms with Crippen LogP contribution in [0.15, 0.2) is 76.3 Å². The van der Waals surface area contributed by atoms with E-state index in [2.05, 4.69) is 51.2 Å². The average Bonchev–Trinajstić information content (AvgIpc) is 3.12. The molecule has 2 bridgehead atoms. The maximum absolute atomic E-state index is 13.6. The van der Waals surface area contributed by atoms with Gasteiger partial charge in [-0.05, 0) is 40.5 Å². The second-order valence-electron chi connectivity index (χ2n) is 8.67. The standard InChI is InChI=1S/C28H19BrN2O3/c1-2-13-34-22-12-11-17(29)14-16(22)15-30-31-27(32)25-23-18-7-3-4-8-19(18)24(26(25)28(31)33)21-10-6-5-9-20(21)23/h1,3-12,14-15,23-26H,13H2/b30-15-/t23?,24?,25-,26-/m1/s1. The van der Waals surface area contributed by atoms with Crippen molar-refractivity contribution in [2.75, 3.05) is 6.61 Å². The number of imide groups is 1. The molecule has 4 aliphatic rings. The van der Waals surface area contributed by atoms with Gasteiger partial charge in [-0.1, -0.05) is 70.4 Å². The van der Waals surface area contributed by atoms with E-state index in [0.717, 1.165) is 31.7 Å². The van der Waals surface area contributed by atoms with E-state index in [1.54, 1.807) is 6.07 Å². The molecular weight excluding hydrogens is 492 g/mol. The molecule has 1 aliphatic heterocycles. The molecule has 0 saturated carbocycles. The molecule has 5 nitrogen and oxygen atoms in total. The lowest BCUT2D eigenvalue weighted by molar-refractivity contribution is -0.139. The lowest BCUT2D eigenvalue weighted by Crippen LogP contribution is -2.41. The summed E-state index contributed by atoms with van der Waals surface area (Å²) >= 11 is 3.44. The number of hydrogen-bond donors (Lipinski definition) is 0. The fourth-order valence-corrected chi connectivity index (χ4v) is 6.15. The van der Waals surface area contributed by atoms with Crippen LogP contribution in [0.5, 0.6) is 5.75 Å². The zero-order valence-corrected chi connectivity index (χ0v) is 19.6. The lowest BCUT2D eigenvalue weighted by atomic mass is 9.55. The number of ether oxygens (including phenoxy) is 1. The molecule has 0 aromatic heterocycles. The molecule has 2 atom stereocenters. The van der Waals surface area contributed by atoms with Crippen LogP contribution in [0, 0.1) is 24.2 Å². The SMILES string of the molecule is C#CCOc1ccc(Br)cc1/C=N\N1C(=O)[C@@H]2C3c4ccccc4C(c4ccccc43)[C@H]2C1=O. The van der Waals surface area contributed by atoms with Gasteiger partial charge >= 0.3 is 0 Å². The van der Waals surface area contributed by atoms with Crippen molar-refractivity contribution in [2.45, 2.75) is 11.8 Å². The minimum absolute atomic E-state index is 0.105. The Bertz CT molecular complexity index is 1310. The quantitative estimate of drug-likeness (QED) is 0.290. The van der Waals surface area contributed by atoms with E-state index in [9.17, 15) is 9.59 Å². The predicted octanol–water partition coefficient (Wildman–Crippen LogP) is 4.69. The summed E-state index contributed by atoms with van der Waals surface area (Å²) in [6.45, 7) is 0.105. The second-order valence-corrected chi connectivity index (χ2v) is 9.59. The smallest absolute Gasteiger partial charge is 0.254 e. The Hall–Kier alpha value is -3.69. The first-order valence-electron chi connectivity index (χ1n) is 11.1. The Morgan fingerprint density at radius 1 is 0.912 bits per heavy atom. The average molecular weight is 511 g/mol. The second kappa shape index (κ2) is 7.96. The van der Waals surface area contributed by atoms with Crippen LogP contribution in [0.4, 0.5) is 0 Å². The first-order valence-corrected chi connectivity index (χ1v) is 11.8. The van der Waals surface area contributed by atoms with E-state index in [0.29, 0.717) is 11.3 Å². The Morgan fingerprint density at radius 3 is 1.94 bits per heavy atom. The van der Waals surface area contributed by atoms with Gasteiger partial charge < -0.3 is 4.74 Å². The van der Waals surface area contributed by atoms with Crippen LogP contribution in [0.25, 0.3) is 0 Å². The van der Waals surface area contributed by atoms with Crippen molar-refractivity contribution in [1.82, 2.24) is 5.01 Å². The molecule has 166 valence electrons. The first kappa shape index (κ1) is 20.9. The van der Waals surface area contributed by atoms with Gasteiger partial charge in [0.05, 0.1) is 18.1 Å². The molecule has 1 heterocycles. The Balaban J connectivity index is 1.40. The number of carbonyl (C=O) groups is 2. The molecule has 1 saturated heterocycles. The van der Waals surface area contributed by atoms with Crippen molar-refractivity contribution in [3.05, 3.63) is 99.0 Å². The fraction of sp³-hybridized carbons (Fsp3) is 0.179. The summed E-state index contributed by atoms with van der Waals surface area (Å²) in [6.07, 6.45) is 6.81. The van der Waals surface area contributed by atoms with Gasteiger partial charge in [-0.15, -0.1) is 6.42 Å². The minimum atomic E-state index is -0.459. The molecule has 1 fully saturated rings. The van der Waals surface area contributed by atoms with Crippen molar-refractivity contribution in [3.8, 4) is 18.1 Å². The van der Waals surface area contributed by atoms with Gasteiger partial charge in [0.25, 0.3) is 11.8 Å². The zero-order chi connectivity index (χ0) is 23.4. The molecule has 2 amide bonds. The van der Waals surface area contributed by atoms with E-state index in [1.165, 1.54) is 6.21 Å². The maximum atomic E-state index is 13.6. The highest BCUT2D eigenvalue weighted by molar-refractivity contribution is 9.10. The molecule has 3 aliphatic carbocycles. The zero-order valence-electron chi connectivity index (χ0n) is 18.0. The molecule has 34 heavy (non-hydrogen) atoms. The number of benzene rings is 3. The summed E-state index contributed by atoms with van der Waals surface area (Å²) in [5.41, 5.74) is 5.16. The Labute approximate surface area is 205 Å². The van der Waals surface area contributed by atoms with Gasteiger partial charge in [0.1, 0.15) is 12.4 Å². The molecule has 6 heteroatoms. The normalized spacial score (nSPS) is 24.1. The Kier molecular flexibility index (Phi) is 4.89. The van der Waals surface area contributed by atoms with E-state index in [-0.39, 0.29) is 30.3 Å². The number of hydrazone groups is 1. The molecule has 3 aromatic carbocycles. The van der Waals surface area contributed by atoms with Crippen molar-refractivity contribution >= 4 is 34.0 Å². The van der Waals surface area contributed by atoms with Crippen molar-refractivity contribution in [1.29, 1.82) is 0 Å². The number of hydrogen-bond acceptors (Lipinski definition) is 4. The molecule has 0 spiro atoms. The van der Waals surface area contributed by atoms with Crippen LogP contribution >= 0.6 is 15.9 Å². The number of rotatable bonds is 4. The van der Waals surface area contributed by atoms with Gasteiger partial charge in [0, 0.05) is 21.9 Å². The van der Waals surface area contributed by atoms with Gasteiger partial charge in [0.15, 0.2) is 0 Å². The van der Waals surface area contributed by atoms with Gasteiger partial charge in [-0.25, -0.2) is 0 Å². The summed E-state index contributed by atoms with van der Waals surface area (Å²) in [4.78, 5) is 27.3. The minimum Gasteiger partial charge on any atom is -0.480 e. The van der Waals surface area contributed by atoms with E-state index < -0.39 is 11.8 Å². The third-order valence-electron chi connectivity index (χ3n) is 7.02. The van der Waals surface area contributed by atoms with Crippen LogP contribution in [0.1, 0.15) is 39.7 Å². The van der Waals surface area contributed by atoms with Gasteiger partial charge in [0.2, 0.25) is 0 Å². The highest BCUT2D eigenvalue weighted by Gasteiger charge is 2.61. The van der Waals surface area contributed by atoms with Gasteiger partial charge in [-0.2, -0.15) is 10.1 Å². The Morgan fingerprint density at radius 2 is 1.44 bits per heavy atom. The number of carbonyl (C=O) groups excluding carboxylic acids is 2. The molecule has 0 unspecified atom stereocenters. The van der Waals surface area contributed by atoms with Crippen LogP contribution in [-0.4, -0.2) is 29.6 Å². The predicted molar refractivity (Wildman–Crippen MR) is 131 cm³/mol. The highest BCUT2D eigenvalue weighted by Crippen LogP contribution is 2.60. The summed E-state index contributed by atoms with van der Waals surface area (Å²) in [5.74, 6) is 1.23. The van der Waals surface area contributed by atoms with Crippen LogP contribution < -0.4 is 4.74 Å². The van der Waals surface area contributed by atoms with E-state index in [4.69, 9.17) is 11.2 Å². The van der Waals surface area contributed by atoms with Crippen molar-refractivity contribution in [2.24, 2.45) is 16.9 Å². The van der Waals surface area contributed by atoms with Crippen molar-refractivity contribution in [3.63, 3.8) is 0 Å². The molecule has 0 N–H and O–H groups in total. The summed E-state index contributed by atoms with van der Waals surface area (Å²) in [6, 6.07) is 21.7. The van der Waals surface area contributed by atoms with Gasteiger partial charge in [-0.3, -0.25) is 9.59 Å². The molecule has 7 rings (SSSR count). The van der Waals surface area contributed by atoms with Crippen LogP contribution in [0.3, 0.4) is 0 Å². The van der Waals surface area contributed by atoms with Crippen LogP contribution in [0.2, 0.25) is 0 Å². The molecule has 3 aromatic rings. The summed E-state index contributed by atoms with van der Waals surface area (Å²) in [7, 11) is 0. The topological polar surface area (TPSA) is 59.0 Å². The number of halogens is 1. The number of nitrogens with zero attached hydrogens (tertiary/aromatic N) is 2. The number of terminal acetylenes is 1. The third-order valence-corrected chi connectivity index (χ3v) is 7.51. The highest BCUT2D eigenvalue weighted by atomic mass is 79.9. The molecular formula is C28H19BrN2O3. The van der Waals surface area contributed by atoms with Crippen molar-refractivity contribution < 1.29 is 14.3 Å². The maximum Gasteiger partial charge on any atom is 0.254 e. The third kappa shape index (κ3) is 2.97. The summed E-state index contributed by atoms with van der Waals surface area (Å²) < 4.78 is 6.42. The summed E-state index contributed by atoms with van der Waals surface area (Å²) in [5, 5.41) is 5.42. The first-order chi connectivity index (χ1) is 16.6.